The molecule has 0 unspecified atom stereocenters. The highest BCUT2D eigenvalue weighted by Gasteiger charge is 2.15. The van der Waals surface area contributed by atoms with Crippen LogP contribution in [-0.2, 0) is 4.79 Å². The van der Waals surface area contributed by atoms with Crippen LogP contribution in [0.3, 0.4) is 0 Å². The largest absolute Gasteiger partial charge is 0.347 e. The van der Waals surface area contributed by atoms with E-state index in [2.05, 4.69) is 35.5 Å². The number of para-hydroxylation sites is 2. The summed E-state index contributed by atoms with van der Waals surface area (Å²) in [4.78, 5) is 14.7. The summed E-state index contributed by atoms with van der Waals surface area (Å²) < 4.78 is 0. The van der Waals surface area contributed by atoms with E-state index in [4.69, 9.17) is 0 Å². The Kier molecular flexibility index (Phi) is 7.63. The second kappa shape index (κ2) is 10.8. The average Bonchev–Trinajstić information content (AvgIpc) is 2.78. The number of carbonyl (C=O) groups excluding carboxylic acids is 1. The number of fused-ring (bicyclic) bond motifs is 1. The maximum atomic E-state index is 12.4. The van der Waals surface area contributed by atoms with Crippen LogP contribution < -0.4 is 10.2 Å². The fourth-order valence-electron chi connectivity index (χ4n) is 3.41. The molecule has 0 fully saturated rings. The Hall–Kier alpha value is -3.58. The molecule has 1 aliphatic rings. The first-order chi connectivity index (χ1) is 14.7. The van der Waals surface area contributed by atoms with Crippen LogP contribution in [0, 0.1) is 11.3 Å². The molecule has 0 bridgehead atoms. The van der Waals surface area contributed by atoms with Gasteiger partial charge < -0.3 is 10.2 Å². The lowest BCUT2D eigenvalue weighted by molar-refractivity contribution is -0.112. The van der Waals surface area contributed by atoms with E-state index in [1.807, 2.05) is 48.6 Å². The number of carbonyl (C=O) groups is 1. The lowest BCUT2D eigenvalue weighted by atomic mass is 9.98. The molecule has 0 aromatic heterocycles. The Morgan fingerprint density at radius 2 is 1.83 bits per heavy atom. The van der Waals surface area contributed by atoms with Crippen LogP contribution in [-0.4, -0.2) is 12.5 Å². The molecule has 1 aliphatic heterocycles. The van der Waals surface area contributed by atoms with Crippen molar-refractivity contribution in [2.45, 2.75) is 32.6 Å². The lowest BCUT2D eigenvalue weighted by Gasteiger charge is -2.27. The lowest BCUT2D eigenvalue weighted by Crippen LogP contribution is -2.21. The number of nitriles is 1. The minimum absolute atomic E-state index is 0.0687. The third kappa shape index (κ3) is 5.48. The Morgan fingerprint density at radius 3 is 2.60 bits per heavy atom. The fourth-order valence-corrected chi connectivity index (χ4v) is 3.41. The predicted octanol–water partition coefficient (Wildman–Crippen LogP) is 6.07. The first-order valence-corrected chi connectivity index (χ1v) is 10.5. The van der Waals surface area contributed by atoms with Gasteiger partial charge in [-0.25, -0.2) is 0 Å². The number of amides is 1. The summed E-state index contributed by atoms with van der Waals surface area (Å²) in [6.07, 6.45) is 12.4. The summed E-state index contributed by atoms with van der Waals surface area (Å²) >= 11 is 0. The van der Waals surface area contributed by atoms with Crippen LogP contribution in [0.4, 0.5) is 11.4 Å². The van der Waals surface area contributed by atoms with Crippen molar-refractivity contribution >= 4 is 22.9 Å². The number of unbranched alkanes of at least 4 members (excludes halogenated alkanes) is 3. The van der Waals surface area contributed by atoms with Crippen molar-refractivity contribution in [1.29, 1.82) is 5.26 Å². The van der Waals surface area contributed by atoms with E-state index in [1.165, 1.54) is 19.3 Å². The third-order valence-electron chi connectivity index (χ3n) is 5.04. The number of nitrogens with one attached hydrogen (secondary N) is 1. The maximum Gasteiger partial charge on any atom is 0.266 e. The van der Waals surface area contributed by atoms with Gasteiger partial charge in [-0.05, 0) is 42.3 Å². The molecule has 0 saturated heterocycles. The second-order valence-corrected chi connectivity index (χ2v) is 7.22. The van der Waals surface area contributed by atoms with Gasteiger partial charge in [0.2, 0.25) is 0 Å². The molecule has 1 heterocycles. The van der Waals surface area contributed by atoms with Crippen molar-refractivity contribution in [3.63, 3.8) is 0 Å². The first kappa shape index (κ1) is 21.1. The zero-order valence-electron chi connectivity index (χ0n) is 17.3. The standard InChI is InChI=1S/C26H27N3O/c1-2-3-4-10-18-29-19-17-21(24-13-8-9-14-25(24)29)15-16-22(20-27)26(30)28-23-11-6-5-7-12-23/h5-9,11-17,19H,2-4,10,18H2,1H3,(H,28,30)/b21-15-,22-16-. The average molecular weight is 398 g/mol. The van der Waals surface area contributed by atoms with E-state index in [1.54, 1.807) is 18.2 Å². The number of hydrogen-bond donors (Lipinski definition) is 1. The van der Waals surface area contributed by atoms with E-state index < -0.39 is 5.91 Å². The van der Waals surface area contributed by atoms with Crippen LogP contribution in [0.1, 0.15) is 38.2 Å². The molecule has 2 aromatic carbocycles. The van der Waals surface area contributed by atoms with Gasteiger partial charge in [0, 0.05) is 29.7 Å². The molecule has 0 saturated carbocycles. The highest BCUT2D eigenvalue weighted by atomic mass is 16.1. The van der Waals surface area contributed by atoms with Gasteiger partial charge >= 0.3 is 0 Å². The first-order valence-electron chi connectivity index (χ1n) is 10.5. The zero-order valence-corrected chi connectivity index (χ0v) is 17.3. The molecule has 4 heteroatoms. The normalized spacial score (nSPS) is 14.3. The number of benzene rings is 2. The van der Waals surface area contributed by atoms with Crippen molar-refractivity contribution in [2.75, 3.05) is 16.8 Å². The monoisotopic (exact) mass is 397 g/mol. The molecule has 1 N–H and O–H groups in total. The molecule has 0 spiro atoms. The summed E-state index contributed by atoms with van der Waals surface area (Å²) in [5.41, 5.74) is 3.98. The summed E-state index contributed by atoms with van der Waals surface area (Å²) in [5.74, 6) is -0.411. The van der Waals surface area contributed by atoms with Gasteiger partial charge in [-0.2, -0.15) is 5.26 Å². The molecule has 0 radical (unpaired) electrons. The van der Waals surface area contributed by atoms with Crippen LogP contribution in [0.5, 0.6) is 0 Å². The molecule has 1 amide bonds. The number of anilines is 2. The van der Waals surface area contributed by atoms with Gasteiger partial charge in [0.15, 0.2) is 0 Å². The Labute approximate surface area is 178 Å². The SMILES string of the molecule is CCCCCCN1C=C/C(=C/C=C(/C#N)C(=O)Nc2ccccc2)c2ccccc21. The van der Waals surface area contributed by atoms with Gasteiger partial charge in [-0.3, -0.25) is 4.79 Å². The van der Waals surface area contributed by atoms with E-state index in [0.717, 1.165) is 29.8 Å². The number of rotatable bonds is 8. The number of hydrogen-bond acceptors (Lipinski definition) is 3. The highest BCUT2D eigenvalue weighted by molar-refractivity contribution is 6.07. The van der Waals surface area contributed by atoms with Gasteiger partial charge in [0.05, 0.1) is 0 Å². The minimum Gasteiger partial charge on any atom is -0.347 e. The van der Waals surface area contributed by atoms with E-state index in [0.29, 0.717) is 5.69 Å². The molecule has 0 aliphatic carbocycles. The second-order valence-electron chi connectivity index (χ2n) is 7.22. The van der Waals surface area contributed by atoms with Crippen LogP contribution in [0.25, 0.3) is 5.57 Å². The third-order valence-corrected chi connectivity index (χ3v) is 5.04. The van der Waals surface area contributed by atoms with Crippen molar-refractivity contribution in [2.24, 2.45) is 0 Å². The highest BCUT2D eigenvalue weighted by Crippen LogP contribution is 2.33. The van der Waals surface area contributed by atoms with Crippen molar-refractivity contribution in [3.05, 3.63) is 90.2 Å². The van der Waals surface area contributed by atoms with Gasteiger partial charge in [0.25, 0.3) is 5.91 Å². The van der Waals surface area contributed by atoms with Crippen molar-refractivity contribution < 1.29 is 4.79 Å². The number of nitrogens with zero attached hydrogens (tertiary/aromatic N) is 2. The smallest absolute Gasteiger partial charge is 0.266 e. The molecule has 4 nitrogen and oxygen atoms in total. The van der Waals surface area contributed by atoms with Crippen LogP contribution in [0.15, 0.2) is 84.6 Å². The summed E-state index contributed by atoms with van der Waals surface area (Å²) in [6, 6.07) is 19.4. The molecular formula is C26H27N3O. The maximum absolute atomic E-state index is 12.4. The summed E-state index contributed by atoms with van der Waals surface area (Å²) in [6.45, 7) is 3.20. The molecule has 0 atom stereocenters. The van der Waals surface area contributed by atoms with Crippen molar-refractivity contribution in [1.82, 2.24) is 0 Å². The van der Waals surface area contributed by atoms with Gasteiger partial charge in [0.1, 0.15) is 11.6 Å². The van der Waals surface area contributed by atoms with E-state index in [9.17, 15) is 10.1 Å². The molecule has 2 aromatic rings. The van der Waals surface area contributed by atoms with Gasteiger partial charge in [-0.1, -0.05) is 68.7 Å². The Balaban J connectivity index is 1.77. The quantitative estimate of drug-likeness (QED) is 0.334. The van der Waals surface area contributed by atoms with Crippen LogP contribution >= 0.6 is 0 Å². The summed E-state index contributed by atoms with van der Waals surface area (Å²) in [7, 11) is 0. The Morgan fingerprint density at radius 1 is 1.07 bits per heavy atom. The molecule has 3 rings (SSSR count). The fraction of sp³-hybridized carbons (Fsp3) is 0.231. The van der Waals surface area contributed by atoms with Crippen LogP contribution in [0.2, 0.25) is 0 Å². The zero-order chi connectivity index (χ0) is 21.2. The van der Waals surface area contributed by atoms with E-state index >= 15 is 0 Å². The number of allylic oxidation sites excluding steroid dienone is 4. The minimum atomic E-state index is -0.411. The molecule has 30 heavy (non-hydrogen) atoms. The molecule has 152 valence electrons. The predicted molar refractivity (Wildman–Crippen MR) is 124 cm³/mol. The topological polar surface area (TPSA) is 56.1 Å². The molecular weight excluding hydrogens is 370 g/mol. The summed E-state index contributed by atoms with van der Waals surface area (Å²) in [5, 5.41) is 12.2. The van der Waals surface area contributed by atoms with Crippen molar-refractivity contribution in [3.8, 4) is 6.07 Å². The van der Waals surface area contributed by atoms with Gasteiger partial charge in [-0.15, -0.1) is 0 Å². The van der Waals surface area contributed by atoms with E-state index in [-0.39, 0.29) is 5.57 Å². The Bertz CT molecular complexity index is 996.